The van der Waals surface area contributed by atoms with E-state index in [1.54, 1.807) is 0 Å². The number of para-hydroxylation sites is 2. The second-order valence-corrected chi connectivity index (χ2v) is 39.6. The molecule has 0 amide bonds. The maximum absolute atomic E-state index is 6.34. The zero-order chi connectivity index (χ0) is 88.8. The van der Waals surface area contributed by atoms with Gasteiger partial charge in [-0.25, -0.2) is 19.9 Å². The lowest BCUT2D eigenvalue weighted by molar-refractivity contribution is -0.150. The topological polar surface area (TPSA) is 172 Å². The molecule has 0 radical (unpaired) electrons. The third kappa shape index (κ3) is 20.6. The summed E-state index contributed by atoms with van der Waals surface area (Å²) in [5.74, 6) is 1.31. The van der Waals surface area contributed by atoms with E-state index in [9.17, 15) is 0 Å². The van der Waals surface area contributed by atoms with Crippen molar-refractivity contribution in [2.24, 2.45) is 21.7 Å². The van der Waals surface area contributed by atoms with Gasteiger partial charge in [0.2, 0.25) is 11.9 Å². The van der Waals surface area contributed by atoms with Crippen LogP contribution in [0.5, 0.6) is 0 Å². The van der Waals surface area contributed by atoms with E-state index in [0.29, 0.717) is 44.9 Å². The summed E-state index contributed by atoms with van der Waals surface area (Å²) in [6, 6.07) is 74.0. The molecule has 0 N–H and O–H groups in total. The number of benzene rings is 10. The Balaban J connectivity index is 0.000000169. The van der Waals surface area contributed by atoms with Crippen LogP contribution in [0.25, 0.3) is 140 Å². The minimum Gasteiger partial charge on any atom is -0.381 e. The van der Waals surface area contributed by atoms with Crippen LogP contribution in [0.2, 0.25) is 0 Å². The third-order valence-electron chi connectivity index (χ3n) is 27.3. The number of nitrogens with zero attached hydrogens (tertiary/aromatic N) is 6. The van der Waals surface area contributed by atoms with Crippen molar-refractivity contribution >= 4 is 128 Å². The van der Waals surface area contributed by atoms with Gasteiger partial charge < -0.3 is 56.8 Å². The van der Waals surface area contributed by atoms with Crippen LogP contribution >= 0.6 is 22.7 Å². The SMILES string of the molecule is CCC1(COCCCCCOCc2ccc3c(c2)c2cc4sc5ccc(COCCCCCOCC6(C)COC6)cc5c4cc2n3-c2nc(-c3ccccc3)c3ccccc3n2)COC1.CCC1(COCCCCCOCc2ccc3sc4ccc5c(c6cc(COCCCCCOCC7(CC)COC7)ccc6n5-c5nc(-c6ccccc6)c6ccccc6n5)c4c3c2)COC1. The lowest BCUT2D eigenvalue weighted by Gasteiger charge is -2.40. The Labute approximate surface area is 776 Å². The highest BCUT2D eigenvalue weighted by atomic mass is 32.1. The van der Waals surface area contributed by atoms with E-state index in [0.717, 1.165) is 299 Å². The molecule has 4 aliphatic rings. The number of hydrogen-bond acceptors (Lipinski definition) is 18. The number of thiophene rings is 2. The molecule has 10 heterocycles. The van der Waals surface area contributed by atoms with E-state index in [4.69, 9.17) is 76.8 Å². The summed E-state index contributed by atoms with van der Waals surface area (Å²) >= 11 is 3.69. The normalized spacial score (nSPS) is 15.6. The van der Waals surface area contributed by atoms with Gasteiger partial charge in [0, 0.05) is 158 Å². The fourth-order valence-electron chi connectivity index (χ4n) is 18.8. The van der Waals surface area contributed by atoms with E-state index >= 15 is 0 Å². The molecule has 0 bridgehead atoms. The Morgan fingerprint density at radius 2 is 0.649 bits per heavy atom. The summed E-state index contributed by atoms with van der Waals surface area (Å²) in [7, 11) is 0. The molecule has 16 aromatic rings. The Kier molecular flexibility index (Phi) is 29.3. The minimum absolute atomic E-state index is 0.210. The second kappa shape index (κ2) is 42.3. The molecule has 6 aromatic heterocycles. The molecule has 0 atom stereocenters. The van der Waals surface area contributed by atoms with Gasteiger partial charge in [-0.1, -0.05) is 149 Å². The maximum atomic E-state index is 6.34. The van der Waals surface area contributed by atoms with Gasteiger partial charge in [0.15, 0.2) is 0 Å². The first-order valence-electron chi connectivity index (χ1n) is 48.0. The van der Waals surface area contributed by atoms with Gasteiger partial charge in [0.1, 0.15) is 0 Å². The van der Waals surface area contributed by atoms with Crippen LogP contribution in [0.15, 0.2) is 206 Å². The van der Waals surface area contributed by atoms with Crippen molar-refractivity contribution in [1.82, 2.24) is 29.1 Å². The second-order valence-electron chi connectivity index (χ2n) is 37.5. The quantitative estimate of drug-likeness (QED) is 0.0329. The van der Waals surface area contributed by atoms with Crippen LogP contribution < -0.4 is 0 Å². The summed E-state index contributed by atoms with van der Waals surface area (Å²) in [5, 5.41) is 11.8. The standard InChI is InChI=1S/C56H63N3O6S.C55H61N3O6S/c1-3-55(36-64-37-55)34-62-28-14-6-12-26-60-32-40-20-22-47-44(30-40)51-48(59(47)54-57-46-19-11-10-18-43(46)53(58-54)42-16-8-5-9-17-42)23-25-50-52(51)45-31-41(21-24-49(45)66-50)33-61-27-13-7-15-29-63-35-56(4-2)38-65-39-56;1-3-55(37-64-38-55)36-62-26-14-6-12-23-59-31-39-19-21-48-43(27-39)44-30-51-46(29-49(44)58(48)53-56-47-18-10-9-17-42(47)52(57-53)41-15-7-4-8-16-41)45-28-40(20-22-50(45)65-51)32-60-24-11-5-13-25-61-33-54(2)34-63-35-54/h5,8-11,16-25,30-31H,3-4,6-7,12-15,26-29,32-39H2,1-2H3;4,7-10,15-22,27-30H,3,5-6,11-14,23-26,31-38H2,1-2H3. The average Bonchev–Trinajstić information content (AvgIpc) is 1.59. The summed E-state index contributed by atoms with van der Waals surface area (Å²) in [5.41, 5.74) is 15.7. The van der Waals surface area contributed by atoms with E-state index in [1.807, 2.05) is 34.8 Å². The molecule has 20 rings (SSSR count). The highest BCUT2D eigenvalue weighted by molar-refractivity contribution is 7.26. The van der Waals surface area contributed by atoms with Crippen molar-refractivity contribution in [2.45, 2.75) is 150 Å². The first-order valence-corrected chi connectivity index (χ1v) is 49.6. The molecular formula is C111H124N6O12S2. The largest absolute Gasteiger partial charge is 0.381 e. The Hall–Kier alpha value is -9.56. The summed E-state index contributed by atoms with van der Waals surface area (Å²) in [4.78, 5) is 21.3. The summed E-state index contributed by atoms with van der Waals surface area (Å²) in [6.45, 7) is 27.1. The van der Waals surface area contributed by atoms with Gasteiger partial charge in [-0.3, -0.25) is 9.13 Å². The third-order valence-corrected chi connectivity index (χ3v) is 29.6. The van der Waals surface area contributed by atoms with Gasteiger partial charge in [-0.2, -0.15) is 0 Å². The molecule has 0 spiro atoms. The lowest BCUT2D eigenvalue weighted by atomic mass is 9.84. The first kappa shape index (κ1) is 90.6. The van der Waals surface area contributed by atoms with Crippen LogP contribution in [-0.4, -0.2) is 161 Å². The molecule has 0 unspecified atom stereocenters. The number of aromatic nitrogens is 6. The monoisotopic (exact) mass is 1800 g/mol. The molecule has 20 heteroatoms. The van der Waals surface area contributed by atoms with E-state index in [2.05, 4.69) is 231 Å². The minimum atomic E-state index is 0.210. The van der Waals surface area contributed by atoms with E-state index < -0.39 is 0 Å². The smallest absolute Gasteiger partial charge is 0.235 e. The number of unbranched alkanes of at least 4 members (excludes halogenated alkanes) is 8. The summed E-state index contributed by atoms with van der Waals surface area (Å²) < 4.78 is 80.4. The fourth-order valence-corrected chi connectivity index (χ4v) is 21.0. The van der Waals surface area contributed by atoms with Crippen molar-refractivity contribution in [3.05, 3.63) is 229 Å². The van der Waals surface area contributed by atoms with Crippen LogP contribution in [0.3, 0.4) is 0 Å². The zero-order valence-corrected chi connectivity index (χ0v) is 78.2. The molecular weight excluding hydrogens is 1670 g/mol. The van der Waals surface area contributed by atoms with Gasteiger partial charge in [0.05, 0.1) is 150 Å². The highest BCUT2D eigenvalue weighted by Gasteiger charge is 2.39. The van der Waals surface area contributed by atoms with Gasteiger partial charge >= 0.3 is 0 Å². The Morgan fingerprint density at radius 1 is 0.290 bits per heavy atom. The van der Waals surface area contributed by atoms with E-state index in [-0.39, 0.29) is 21.7 Å². The van der Waals surface area contributed by atoms with Crippen LogP contribution in [-0.2, 0) is 83.3 Å². The molecule has 4 saturated heterocycles. The number of ether oxygens (including phenoxy) is 12. The number of hydrogen-bond donors (Lipinski definition) is 0. The Bertz CT molecular complexity index is 6550. The first-order chi connectivity index (χ1) is 64.5. The number of fused-ring (bicyclic) bond motifs is 15. The maximum Gasteiger partial charge on any atom is 0.235 e. The average molecular weight is 1800 g/mol. The van der Waals surface area contributed by atoms with Crippen molar-refractivity contribution in [3.63, 3.8) is 0 Å². The molecule has 4 aliphatic heterocycles. The van der Waals surface area contributed by atoms with Crippen LogP contribution in [0.1, 0.15) is 146 Å². The van der Waals surface area contributed by atoms with Crippen molar-refractivity contribution in [1.29, 1.82) is 0 Å². The molecule has 131 heavy (non-hydrogen) atoms. The predicted molar refractivity (Wildman–Crippen MR) is 531 cm³/mol. The van der Waals surface area contributed by atoms with Crippen molar-refractivity contribution in [3.8, 4) is 34.4 Å². The number of rotatable bonds is 47. The molecule has 18 nitrogen and oxygen atoms in total. The van der Waals surface area contributed by atoms with Crippen LogP contribution in [0.4, 0.5) is 0 Å². The summed E-state index contributed by atoms with van der Waals surface area (Å²) in [6.07, 6.45) is 16.0. The molecule has 682 valence electrons. The van der Waals surface area contributed by atoms with Crippen molar-refractivity contribution in [2.75, 3.05) is 132 Å². The van der Waals surface area contributed by atoms with Crippen molar-refractivity contribution < 1.29 is 56.8 Å². The highest BCUT2D eigenvalue weighted by Crippen LogP contribution is 2.47. The lowest BCUT2D eigenvalue weighted by Crippen LogP contribution is -2.45. The predicted octanol–water partition coefficient (Wildman–Crippen LogP) is 25.7. The van der Waals surface area contributed by atoms with Crippen LogP contribution in [0, 0.1) is 21.7 Å². The molecule has 10 aromatic carbocycles. The fraction of sp³-hybridized carbons (Fsp3) is 0.423. The zero-order valence-electron chi connectivity index (χ0n) is 76.6. The molecule has 4 fully saturated rings. The van der Waals surface area contributed by atoms with Gasteiger partial charge in [-0.05, 0) is 203 Å². The van der Waals surface area contributed by atoms with Gasteiger partial charge in [0.25, 0.3) is 0 Å². The van der Waals surface area contributed by atoms with E-state index in [1.165, 1.54) is 73.0 Å². The molecule has 0 aliphatic carbocycles. The molecule has 0 saturated carbocycles. The van der Waals surface area contributed by atoms with Gasteiger partial charge in [-0.15, -0.1) is 22.7 Å². The Morgan fingerprint density at radius 3 is 1.10 bits per heavy atom.